The second kappa shape index (κ2) is 7.02. The van der Waals surface area contributed by atoms with Crippen molar-refractivity contribution < 1.29 is 0 Å². The lowest BCUT2D eigenvalue weighted by Gasteiger charge is -2.60. The van der Waals surface area contributed by atoms with Crippen LogP contribution in [0.5, 0.6) is 0 Å². The van der Waals surface area contributed by atoms with Crippen molar-refractivity contribution in [3.05, 3.63) is 0 Å². The molecule has 5 aliphatic rings. The summed E-state index contributed by atoms with van der Waals surface area (Å²) in [6.07, 6.45) is 18.7. The van der Waals surface area contributed by atoms with Gasteiger partial charge in [-0.1, -0.05) is 53.9 Å². The highest BCUT2D eigenvalue weighted by atomic mass is 14.7. The summed E-state index contributed by atoms with van der Waals surface area (Å²) < 4.78 is 0. The van der Waals surface area contributed by atoms with Crippen LogP contribution in [0.15, 0.2) is 0 Å². The molecule has 28 heavy (non-hydrogen) atoms. The standard InChI is InChI=1S/C28H48/c1-18(2)7-6-8-19(3)24-11-12-25-23-10-9-22-16-20-15-21(20)17-28(22,5)26(23)13-14-27(24,25)4/h18-26H,6-17H2,1-5H3. The SMILES string of the molecule is CC(C)CCCC(C)C1CCC2C3CCC4CC5CC5CC4(C)C3CCC12C. The van der Waals surface area contributed by atoms with Crippen LogP contribution in [0.2, 0.25) is 0 Å². The molecule has 0 radical (unpaired) electrons. The van der Waals surface area contributed by atoms with Gasteiger partial charge in [-0.05, 0) is 122 Å². The van der Waals surface area contributed by atoms with Crippen LogP contribution in [-0.4, -0.2) is 0 Å². The number of rotatable bonds is 5. The van der Waals surface area contributed by atoms with E-state index in [0.29, 0.717) is 5.41 Å². The van der Waals surface area contributed by atoms with Crippen molar-refractivity contribution in [1.82, 2.24) is 0 Å². The Hall–Kier alpha value is 0. The zero-order valence-corrected chi connectivity index (χ0v) is 19.7. The molecular weight excluding hydrogens is 336 g/mol. The smallest absolute Gasteiger partial charge is 0.0264 e. The van der Waals surface area contributed by atoms with Crippen LogP contribution in [0.1, 0.15) is 112 Å². The predicted molar refractivity (Wildman–Crippen MR) is 120 cm³/mol. The summed E-state index contributed by atoms with van der Waals surface area (Å²) in [7, 11) is 0. The van der Waals surface area contributed by atoms with Gasteiger partial charge in [0.2, 0.25) is 0 Å². The Morgan fingerprint density at radius 2 is 1.57 bits per heavy atom. The molecule has 0 heterocycles. The van der Waals surface area contributed by atoms with E-state index in [1.165, 1.54) is 19.3 Å². The second-order valence-electron chi connectivity index (χ2n) is 13.4. The van der Waals surface area contributed by atoms with Gasteiger partial charge in [-0.3, -0.25) is 0 Å². The van der Waals surface area contributed by atoms with Crippen LogP contribution < -0.4 is 0 Å². The van der Waals surface area contributed by atoms with Crippen LogP contribution >= 0.6 is 0 Å². The molecule has 5 aliphatic carbocycles. The van der Waals surface area contributed by atoms with Gasteiger partial charge >= 0.3 is 0 Å². The largest absolute Gasteiger partial charge is 0.0628 e. The Labute approximate surface area is 176 Å². The minimum absolute atomic E-state index is 0.679. The highest BCUT2D eigenvalue weighted by Crippen LogP contribution is 2.71. The molecule has 5 rings (SSSR count). The monoisotopic (exact) mass is 384 g/mol. The molecule has 0 aromatic carbocycles. The van der Waals surface area contributed by atoms with Crippen molar-refractivity contribution in [3.63, 3.8) is 0 Å². The summed E-state index contributed by atoms with van der Waals surface area (Å²) in [6, 6.07) is 0. The van der Waals surface area contributed by atoms with Crippen molar-refractivity contribution >= 4 is 0 Å². The molecule has 10 unspecified atom stereocenters. The van der Waals surface area contributed by atoms with Crippen LogP contribution in [0, 0.1) is 64.1 Å². The fraction of sp³-hybridized carbons (Fsp3) is 1.00. The molecule has 0 amide bonds. The van der Waals surface area contributed by atoms with E-state index in [4.69, 9.17) is 0 Å². The van der Waals surface area contributed by atoms with Crippen molar-refractivity contribution in [3.8, 4) is 0 Å². The highest BCUT2D eigenvalue weighted by molar-refractivity contribution is 5.12. The average Bonchev–Trinajstić information content (AvgIpc) is 3.27. The van der Waals surface area contributed by atoms with E-state index in [9.17, 15) is 0 Å². The Morgan fingerprint density at radius 3 is 2.36 bits per heavy atom. The van der Waals surface area contributed by atoms with Crippen LogP contribution in [-0.2, 0) is 0 Å². The molecule has 5 saturated carbocycles. The average molecular weight is 385 g/mol. The van der Waals surface area contributed by atoms with Gasteiger partial charge in [0.15, 0.2) is 0 Å². The van der Waals surface area contributed by atoms with E-state index in [0.717, 1.165) is 58.7 Å². The van der Waals surface area contributed by atoms with Gasteiger partial charge in [-0.25, -0.2) is 0 Å². The summed E-state index contributed by atoms with van der Waals surface area (Å²) in [6.45, 7) is 12.9. The normalized spacial score (nSPS) is 53.1. The number of hydrogen-bond acceptors (Lipinski definition) is 0. The molecule has 0 saturated heterocycles. The number of hydrogen-bond donors (Lipinski definition) is 0. The third-order valence-electron chi connectivity index (χ3n) is 11.6. The summed E-state index contributed by atoms with van der Waals surface area (Å²) in [5.74, 6) is 9.50. The van der Waals surface area contributed by atoms with Gasteiger partial charge in [0.05, 0.1) is 0 Å². The van der Waals surface area contributed by atoms with Crippen LogP contribution in [0.3, 0.4) is 0 Å². The van der Waals surface area contributed by atoms with Gasteiger partial charge in [0.1, 0.15) is 0 Å². The molecule has 0 nitrogen and oxygen atoms in total. The second-order valence-corrected chi connectivity index (χ2v) is 13.4. The summed E-state index contributed by atoms with van der Waals surface area (Å²) >= 11 is 0. The quantitative estimate of drug-likeness (QED) is 0.446. The molecule has 0 aromatic rings. The Bertz CT molecular complexity index is 577. The first kappa shape index (κ1) is 19.9. The van der Waals surface area contributed by atoms with Crippen molar-refractivity contribution in [1.29, 1.82) is 0 Å². The zero-order chi connectivity index (χ0) is 19.7. The van der Waals surface area contributed by atoms with Gasteiger partial charge in [0.25, 0.3) is 0 Å². The minimum Gasteiger partial charge on any atom is -0.0628 e. The van der Waals surface area contributed by atoms with E-state index in [-0.39, 0.29) is 0 Å². The van der Waals surface area contributed by atoms with Crippen LogP contribution in [0.4, 0.5) is 0 Å². The predicted octanol–water partition coefficient (Wildman–Crippen LogP) is 8.35. The van der Waals surface area contributed by atoms with Gasteiger partial charge in [0, 0.05) is 0 Å². The molecule has 0 aromatic heterocycles. The summed E-state index contributed by atoms with van der Waals surface area (Å²) in [5.41, 5.74) is 1.40. The maximum absolute atomic E-state index is 2.77. The fourth-order valence-corrected chi connectivity index (χ4v) is 10.0. The minimum atomic E-state index is 0.679. The van der Waals surface area contributed by atoms with E-state index in [2.05, 4.69) is 34.6 Å². The summed E-state index contributed by atoms with van der Waals surface area (Å²) in [4.78, 5) is 0. The first-order valence-electron chi connectivity index (χ1n) is 13.3. The molecule has 5 fully saturated rings. The highest BCUT2D eigenvalue weighted by Gasteiger charge is 2.63. The molecule has 0 N–H and O–H groups in total. The molecular formula is C28H48. The van der Waals surface area contributed by atoms with E-state index in [1.807, 2.05) is 0 Å². The van der Waals surface area contributed by atoms with Crippen molar-refractivity contribution in [2.24, 2.45) is 64.1 Å². The molecule has 0 bridgehead atoms. The molecule has 0 aliphatic heterocycles. The van der Waals surface area contributed by atoms with Gasteiger partial charge < -0.3 is 0 Å². The summed E-state index contributed by atoms with van der Waals surface area (Å²) in [5, 5.41) is 0. The van der Waals surface area contributed by atoms with Crippen molar-refractivity contribution in [2.45, 2.75) is 112 Å². The lowest BCUT2D eigenvalue weighted by molar-refractivity contribution is -0.116. The Morgan fingerprint density at radius 1 is 0.786 bits per heavy atom. The lowest BCUT2D eigenvalue weighted by Crippen LogP contribution is -2.53. The topological polar surface area (TPSA) is 0 Å². The lowest BCUT2D eigenvalue weighted by atomic mass is 9.44. The fourth-order valence-electron chi connectivity index (χ4n) is 10.0. The third-order valence-corrected chi connectivity index (χ3v) is 11.6. The van der Waals surface area contributed by atoms with E-state index in [1.54, 1.807) is 57.8 Å². The molecule has 0 spiro atoms. The van der Waals surface area contributed by atoms with E-state index >= 15 is 0 Å². The molecule has 10 atom stereocenters. The molecule has 0 heteroatoms. The first-order valence-corrected chi connectivity index (χ1v) is 13.3. The van der Waals surface area contributed by atoms with E-state index < -0.39 is 0 Å². The number of fused-ring (bicyclic) bond motifs is 6. The van der Waals surface area contributed by atoms with Crippen molar-refractivity contribution in [2.75, 3.05) is 0 Å². The molecule has 160 valence electrons. The Kier molecular flexibility index (Phi) is 5.00. The Balaban J connectivity index is 1.30. The zero-order valence-electron chi connectivity index (χ0n) is 19.7. The van der Waals surface area contributed by atoms with Gasteiger partial charge in [-0.2, -0.15) is 0 Å². The van der Waals surface area contributed by atoms with Gasteiger partial charge in [-0.15, -0.1) is 0 Å². The maximum Gasteiger partial charge on any atom is -0.0264 e. The first-order chi connectivity index (χ1) is 13.3. The van der Waals surface area contributed by atoms with Crippen LogP contribution in [0.25, 0.3) is 0 Å². The third kappa shape index (κ3) is 3.05. The maximum atomic E-state index is 2.77.